The molecule has 27 heavy (non-hydrogen) atoms. The Bertz CT molecular complexity index is 704. The molecule has 0 aromatic heterocycles. The zero-order valence-electron chi connectivity index (χ0n) is 16.4. The van der Waals surface area contributed by atoms with Gasteiger partial charge in [0, 0.05) is 32.8 Å². The van der Waals surface area contributed by atoms with Gasteiger partial charge in [0.05, 0.1) is 11.9 Å². The smallest absolute Gasteiger partial charge is 0.317 e. The van der Waals surface area contributed by atoms with Gasteiger partial charge >= 0.3 is 6.03 Å². The standard InChI is InChI=1S/C19H31N3O4S/c1-15(2)21-27(24,25)14-17-8-6-16(7-9-17)13-20-19(23)22-11-4-5-18(26-3)10-12-22/h6-9,15,18,21H,4-5,10-14H2,1-3H3,(H,20,23). The Hall–Kier alpha value is -1.64. The first kappa shape index (κ1) is 21.7. The summed E-state index contributed by atoms with van der Waals surface area (Å²) in [6.07, 6.45) is 3.02. The number of benzene rings is 1. The first-order chi connectivity index (χ1) is 12.8. The Balaban J connectivity index is 1.83. The summed E-state index contributed by atoms with van der Waals surface area (Å²) in [5.41, 5.74) is 1.65. The van der Waals surface area contributed by atoms with E-state index in [1.54, 1.807) is 33.1 Å². The van der Waals surface area contributed by atoms with Gasteiger partial charge in [-0.1, -0.05) is 24.3 Å². The van der Waals surface area contributed by atoms with Crippen LogP contribution in [0.25, 0.3) is 0 Å². The predicted octanol–water partition coefficient (Wildman–Crippen LogP) is 2.22. The van der Waals surface area contributed by atoms with Crippen molar-refractivity contribution < 1.29 is 17.9 Å². The summed E-state index contributed by atoms with van der Waals surface area (Å²) in [4.78, 5) is 14.2. The van der Waals surface area contributed by atoms with E-state index in [0.717, 1.165) is 36.9 Å². The minimum Gasteiger partial charge on any atom is -0.381 e. The molecule has 152 valence electrons. The summed E-state index contributed by atoms with van der Waals surface area (Å²) in [5, 5.41) is 2.94. The van der Waals surface area contributed by atoms with Gasteiger partial charge in [-0.05, 0) is 44.2 Å². The van der Waals surface area contributed by atoms with Gasteiger partial charge in [0.1, 0.15) is 0 Å². The summed E-state index contributed by atoms with van der Waals surface area (Å²) < 4.78 is 31.9. The third-order valence-electron chi connectivity index (χ3n) is 4.53. The maximum absolute atomic E-state index is 12.4. The number of hydrogen-bond donors (Lipinski definition) is 2. The van der Waals surface area contributed by atoms with Crippen molar-refractivity contribution in [2.45, 2.75) is 57.6 Å². The lowest BCUT2D eigenvalue weighted by molar-refractivity contribution is 0.0906. The predicted molar refractivity (Wildman–Crippen MR) is 106 cm³/mol. The summed E-state index contributed by atoms with van der Waals surface area (Å²) in [6.45, 7) is 5.45. The molecule has 1 aliphatic heterocycles. The molecule has 1 aliphatic rings. The van der Waals surface area contributed by atoms with Gasteiger partial charge in [0.2, 0.25) is 10.0 Å². The second-order valence-electron chi connectivity index (χ2n) is 7.28. The van der Waals surface area contributed by atoms with Gasteiger partial charge < -0.3 is 15.0 Å². The Morgan fingerprint density at radius 1 is 1.19 bits per heavy atom. The van der Waals surface area contributed by atoms with E-state index in [0.29, 0.717) is 13.1 Å². The van der Waals surface area contributed by atoms with Gasteiger partial charge in [0.15, 0.2) is 0 Å². The fourth-order valence-corrected chi connectivity index (χ4v) is 4.60. The van der Waals surface area contributed by atoms with Gasteiger partial charge in [-0.2, -0.15) is 0 Å². The molecule has 1 saturated heterocycles. The molecule has 7 nitrogen and oxygen atoms in total. The monoisotopic (exact) mass is 397 g/mol. The molecule has 1 heterocycles. The number of urea groups is 1. The number of likely N-dealkylation sites (tertiary alicyclic amines) is 1. The molecule has 2 rings (SSSR count). The number of methoxy groups -OCH3 is 1. The van der Waals surface area contributed by atoms with E-state index >= 15 is 0 Å². The van der Waals surface area contributed by atoms with E-state index in [-0.39, 0.29) is 23.9 Å². The van der Waals surface area contributed by atoms with Crippen LogP contribution in [0.1, 0.15) is 44.2 Å². The number of hydrogen-bond acceptors (Lipinski definition) is 4. The van der Waals surface area contributed by atoms with Crippen LogP contribution in [-0.4, -0.2) is 51.7 Å². The minimum absolute atomic E-state index is 0.0493. The molecule has 0 radical (unpaired) electrons. The number of ether oxygens (including phenoxy) is 1. The molecule has 2 amide bonds. The van der Waals surface area contributed by atoms with Crippen LogP contribution in [-0.2, 0) is 27.1 Å². The molecule has 0 bridgehead atoms. The maximum atomic E-state index is 12.4. The van der Waals surface area contributed by atoms with Crippen molar-refractivity contribution >= 4 is 16.1 Å². The highest BCUT2D eigenvalue weighted by molar-refractivity contribution is 7.88. The van der Waals surface area contributed by atoms with Crippen LogP contribution < -0.4 is 10.0 Å². The maximum Gasteiger partial charge on any atom is 0.317 e. The van der Waals surface area contributed by atoms with E-state index < -0.39 is 10.0 Å². The van der Waals surface area contributed by atoms with E-state index in [2.05, 4.69) is 10.0 Å². The second kappa shape index (κ2) is 10.1. The van der Waals surface area contributed by atoms with Crippen molar-refractivity contribution in [2.24, 2.45) is 0 Å². The van der Waals surface area contributed by atoms with E-state index in [1.165, 1.54) is 0 Å². The zero-order chi connectivity index (χ0) is 19.9. The number of nitrogens with one attached hydrogen (secondary N) is 2. The molecule has 1 aromatic rings. The molecule has 1 fully saturated rings. The molecular weight excluding hydrogens is 366 g/mol. The first-order valence-electron chi connectivity index (χ1n) is 9.42. The quantitative estimate of drug-likeness (QED) is 0.738. The molecule has 1 atom stereocenters. The van der Waals surface area contributed by atoms with Crippen molar-refractivity contribution in [1.82, 2.24) is 14.9 Å². The minimum atomic E-state index is -3.33. The van der Waals surface area contributed by atoms with Crippen molar-refractivity contribution in [1.29, 1.82) is 0 Å². The first-order valence-corrected chi connectivity index (χ1v) is 11.1. The average Bonchev–Trinajstić information content (AvgIpc) is 2.85. The Morgan fingerprint density at radius 3 is 2.48 bits per heavy atom. The van der Waals surface area contributed by atoms with Gasteiger partial charge in [-0.15, -0.1) is 0 Å². The lowest BCUT2D eigenvalue weighted by Crippen LogP contribution is -2.40. The number of carbonyl (C=O) groups is 1. The van der Waals surface area contributed by atoms with Crippen LogP contribution in [0.4, 0.5) is 4.79 Å². The van der Waals surface area contributed by atoms with E-state index in [9.17, 15) is 13.2 Å². The number of amides is 2. The largest absolute Gasteiger partial charge is 0.381 e. The molecule has 2 N–H and O–H groups in total. The molecule has 0 saturated carbocycles. The van der Waals surface area contributed by atoms with Crippen LogP contribution in [0, 0.1) is 0 Å². The third-order valence-corrected chi connectivity index (χ3v) is 6.08. The van der Waals surface area contributed by atoms with Crippen LogP contribution in [0.5, 0.6) is 0 Å². The Kier molecular flexibility index (Phi) is 8.07. The fraction of sp³-hybridized carbons (Fsp3) is 0.632. The number of rotatable bonds is 7. The molecular formula is C19H31N3O4S. The molecule has 1 unspecified atom stereocenters. The lowest BCUT2D eigenvalue weighted by Gasteiger charge is -2.21. The van der Waals surface area contributed by atoms with Gasteiger partial charge in [-0.25, -0.2) is 17.9 Å². The van der Waals surface area contributed by atoms with Gasteiger partial charge in [-0.3, -0.25) is 0 Å². The van der Waals surface area contributed by atoms with Gasteiger partial charge in [0.25, 0.3) is 0 Å². The van der Waals surface area contributed by atoms with E-state index in [1.807, 2.05) is 17.0 Å². The topological polar surface area (TPSA) is 87.7 Å². The Labute approximate surface area is 162 Å². The van der Waals surface area contributed by atoms with E-state index in [4.69, 9.17) is 4.74 Å². The molecule has 1 aromatic carbocycles. The number of carbonyl (C=O) groups excluding carboxylic acids is 1. The highest BCUT2D eigenvalue weighted by Crippen LogP contribution is 2.14. The van der Waals surface area contributed by atoms with Crippen LogP contribution in [0.3, 0.4) is 0 Å². The number of sulfonamides is 1. The van der Waals surface area contributed by atoms with Crippen molar-refractivity contribution in [3.05, 3.63) is 35.4 Å². The zero-order valence-corrected chi connectivity index (χ0v) is 17.2. The van der Waals surface area contributed by atoms with Crippen molar-refractivity contribution in [2.75, 3.05) is 20.2 Å². The van der Waals surface area contributed by atoms with Crippen molar-refractivity contribution in [3.8, 4) is 0 Å². The lowest BCUT2D eigenvalue weighted by atomic mass is 10.1. The van der Waals surface area contributed by atoms with Crippen LogP contribution in [0.2, 0.25) is 0 Å². The molecule has 8 heteroatoms. The highest BCUT2D eigenvalue weighted by atomic mass is 32.2. The summed E-state index contributed by atoms with van der Waals surface area (Å²) >= 11 is 0. The van der Waals surface area contributed by atoms with Crippen LogP contribution in [0.15, 0.2) is 24.3 Å². The van der Waals surface area contributed by atoms with Crippen LogP contribution >= 0.6 is 0 Å². The summed E-state index contributed by atoms with van der Waals surface area (Å²) in [5.74, 6) is -0.0493. The number of nitrogens with zero attached hydrogens (tertiary/aromatic N) is 1. The van der Waals surface area contributed by atoms with Crippen molar-refractivity contribution in [3.63, 3.8) is 0 Å². The normalized spacial score (nSPS) is 18.4. The third kappa shape index (κ3) is 7.48. The molecule has 0 aliphatic carbocycles. The highest BCUT2D eigenvalue weighted by Gasteiger charge is 2.20. The molecule has 0 spiro atoms. The Morgan fingerprint density at radius 2 is 1.85 bits per heavy atom. The summed E-state index contributed by atoms with van der Waals surface area (Å²) in [7, 11) is -1.62. The fourth-order valence-electron chi connectivity index (χ4n) is 3.17. The summed E-state index contributed by atoms with van der Waals surface area (Å²) in [6, 6.07) is 7.09. The SMILES string of the molecule is COC1CCCN(C(=O)NCc2ccc(CS(=O)(=O)NC(C)C)cc2)CC1. The second-order valence-corrected chi connectivity index (χ2v) is 9.04. The average molecular weight is 398 g/mol.